The van der Waals surface area contributed by atoms with E-state index in [1.807, 2.05) is 73.7 Å². The smallest absolute Gasteiger partial charge is 0.229 e. The number of rotatable bonds is 5. The molecule has 2 heterocycles. The fourth-order valence-electron chi connectivity index (χ4n) is 3.06. The molecular weight excluding hydrogens is 402 g/mol. The minimum absolute atomic E-state index is 0.101. The molecule has 0 atom stereocenters. The molecule has 0 saturated carbocycles. The standard InChI is InChI=1S/C23H18ClN3OS/c1-15-26-22(17-8-5-9-19(24)13-17)23(29-15)18-10-11-25-20(14-18)27-21(28)12-16-6-3-2-4-7-16/h2-11,13-14H,12H2,1H3,(H,25,27,28). The fraction of sp³-hybridized carbons (Fsp3) is 0.0870. The van der Waals surface area contributed by atoms with Crippen molar-refractivity contribution in [2.24, 2.45) is 0 Å². The third kappa shape index (κ3) is 4.70. The first-order valence-corrected chi connectivity index (χ1v) is 10.3. The minimum atomic E-state index is -0.101. The molecule has 0 fully saturated rings. The summed E-state index contributed by atoms with van der Waals surface area (Å²) in [6.07, 6.45) is 2.00. The summed E-state index contributed by atoms with van der Waals surface area (Å²) in [5, 5.41) is 4.52. The molecule has 0 spiro atoms. The number of anilines is 1. The van der Waals surface area contributed by atoms with Gasteiger partial charge in [-0.05, 0) is 42.3 Å². The van der Waals surface area contributed by atoms with E-state index in [0.29, 0.717) is 17.3 Å². The summed E-state index contributed by atoms with van der Waals surface area (Å²) < 4.78 is 0. The number of halogens is 1. The van der Waals surface area contributed by atoms with Gasteiger partial charge in [0, 0.05) is 16.8 Å². The maximum atomic E-state index is 12.4. The van der Waals surface area contributed by atoms with Gasteiger partial charge in [-0.3, -0.25) is 4.79 Å². The van der Waals surface area contributed by atoms with E-state index in [9.17, 15) is 4.79 Å². The number of amides is 1. The van der Waals surface area contributed by atoms with E-state index >= 15 is 0 Å². The Balaban J connectivity index is 1.60. The lowest BCUT2D eigenvalue weighted by Gasteiger charge is -2.07. The van der Waals surface area contributed by atoms with E-state index in [4.69, 9.17) is 16.6 Å². The van der Waals surface area contributed by atoms with Gasteiger partial charge in [-0.25, -0.2) is 9.97 Å². The van der Waals surface area contributed by atoms with Crippen LogP contribution in [0.4, 0.5) is 5.82 Å². The van der Waals surface area contributed by atoms with Crippen LogP contribution in [0.15, 0.2) is 72.9 Å². The van der Waals surface area contributed by atoms with Crippen LogP contribution >= 0.6 is 22.9 Å². The molecule has 4 aromatic rings. The Morgan fingerprint density at radius 1 is 1.03 bits per heavy atom. The lowest BCUT2D eigenvalue weighted by molar-refractivity contribution is -0.115. The van der Waals surface area contributed by atoms with Crippen molar-refractivity contribution in [2.45, 2.75) is 13.3 Å². The molecule has 2 aromatic carbocycles. The first-order chi connectivity index (χ1) is 14.1. The summed E-state index contributed by atoms with van der Waals surface area (Å²) in [7, 11) is 0. The highest BCUT2D eigenvalue weighted by molar-refractivity contribution is 7.15. The van der Waals surface area contributed by atoms with Gasteiger partial charge in [-0.2, -0.15) is 0 Å². The zero-order chi connectivity index (χ0) is 20.2. The molecule has 6 heteroatoms. The maximum absolute atomic E-state index is 12.4. The number of hydrogen-bond acceptors (Lipinski definition) is 4. The van der Waals surface area contributed by atoms with Gasteiger partial charge in [-0.1, -0.05) is 54.1 Å². The summed E-state index contributed by atoms with van der Waals surface area (Å²) in [5.41, 5.74) is 3.75. The highest BCUT2D eigenvalue weighted by Crippen LogP contribution is 2.37. The van der Waals surface area contributed by atoms with Crippen LogP contribution in [0.3, 0.4) is 0 Å². The predicted octanol–water partition coefficient (Wildman–Crippen LogP) is 6.02. The number of thiazole rings is 1. The Morgan fingerprint density at radius 3 is 2.66 bits per heavy atom. The average molecular weight is 420 g/mol. The van der Waals surface area contributed by atoms with Crippen molar-refractivity contribution in [2.75, 3.05) is 5.32 Å². The lowest BCUT2D eigenvalue weighted by Crippen LogP contribution is -2.15. The minimum Gasteiger partial charge on any atom is -0.310 e. The lowest BCUT2D eigenvalue weighted by atomic mass is 10.1. The van der Waals surface area contributed by atoms with Crippen molar-refractivity contribution in [3.8, 4) is 21.7 Å². The Labute approximate surface area is 178 Å². The number of pyridine rings is 1. The van der Waals surface area contributed by atoms with Gasteiger partial charge in [0.15, 0.2) is 0 Å². The molecule has 29 heavy (non-hydrogen) atoms. The monoisotopic (exact) mass is 419 g/mol. The van der Waals surface area contributed by atoms with Gasteiger partial charge in [-0.15, -0.1) is 11.3 Å². The van der Waals surface area contributed by atoms with Crippen LogP contribution in [0.2, 0.25) is 5.02 Å². The van der Waals surface area contributed by atoms with E-state index in [1.54, 1.807) is 17.5 Å². The Morgan fingerprint density at radius 2 is 1.86 bits per heavy atom. The third-order valence-electron chi connectivity index (χ3n) is 4.33. The highest BCUT2D eigenvalue weighted by Gasteiger charge is 2.15. The largest absolute Gasteiger partial charge is 0.310 e. The zero-order valence-electron chi connectivity index (χ0n) is 15.7. The Hall–Kier alpha value is -3.02. The first-order valence-electron chi connectivity index (χ1n) is 9.12. The fourth-order valence-corrected chi connectivity index (χ4v) is 4.19. The van der Waals surface area contributed by atoms with Crippen molar-refractivity contribution in [1.29, 1.82) is 0 Å². The summed E-state index contributed by atoms with van der Waals surface area (Å²) in [5.74, 6) is 0.419. The van der Waals surface area contributed by atoms with Gasteiger partial charge >= 0.3 is 0 Å². The number of benzene rings is 2. The molecule has 4 rings (SSSR count). The molecule has 0 aliphatic carbocycles. The van der Waals surface area contributed by atoms with Crippen molar-refractivity contribution in [3.05, 3.63) is 88.5 Å². The van der Waals surface area contributed by atoms with E-state index in [0.717, 1.165) is 32.3 Å². The van der Waals surface area contributed by atoms with Crippen molar-refractivity contribution >= 4 is 34.7 Å². The third-order valence-corrected chi connectivity index (χ3v) is 5.58. The predicted molar refractivity (Wildman–Crippen MR) is 119 cm³/mol. The molecule has 0 aliphatic heterocycles. The molecule has 0 aliphatic rings. The van der Waals surface area contributed by atoms with E-state index in [2.05, 4.69) is 10.3 Å². The van der Waals surface area contributed by atoms with Crippen LogP contribution in [-0.4, -0.2) is 15.9 Å². The number of nitrogens with zero attached hydrogens (tertiary/aromatic N) is 2. The molecule has 2 aromatic heterocycles. The molecule has 4 nitrogen and oxygen atoms in total. The van der Waals surface area contributed by atoms with Crippen LogP contribution in [0.25, 0.3) is 21.7 Å². The average Bonchev–Trinajstić information content (AvgIpc) is 3.11. The summed E-state index contributed by atoms with van der Waals surface area (Å²) in [6.45, 7) is 1.98. The number of nitrogens with one attached hydrogen (secondary N) is 1. The van der Waals surface area contributed by atoms with Gasteiger partial charge in [0.2, 0.25) is 5.91 Å². The number of carbonyl (C=O) groups is 1. The molecular formula is C23H18ClN3OS. The summed E-state index contributed by atoms with van der Waals surface area (Å²) in [6, 6.07) is 21.1. The van der Waals surface area contributed by atoms with E-state index in [1.165, 1.54) is 0 Å². The second-order valence-electron chi connectivity index (χ2n) is 6.56. The Bertz CT molecular complexity index is 1160. The topological polar surface area (TPSA) is 54.9 Å². The highest BCUT2D eigenvalue weighted by atomic mass is 35.5. The summed E-state index contributed by atoms with van der Waals surface area (Å²) >= 11 is 7.77. The Kier molecular flexibility index (Phi) is 5.69. The molecule has 1 amide bonds. The molecule has 0 unspecified atom stereocenters. The quantitative estimate of drug-likeness (QED) is 0.430. The van der Waals surface area contributed by atoms with Crippen LogP contribution < -0.4 is 5.32 Å². The SMILES string of the molecule is Cc1nc(-c2cccc(Cl)c2)c(-c2ccnc(NC(=O)Cc3ccccc3)c2)s1. The van der Waals surface area contributed by atoms with Crippen LogP contribution in [0.5, 0.6) is 0 Å². The molecule has 0 bridgehead atoms. The second-order valence-corrected chi connectivity index (χ2v) is 8.20. The van der Waals surface area contributed by atoms with E-state index < -0.39 is 0 Å². The van der Waals surface area contributed by atoms with Gasteiger partial charge in [0.1, 0.15) is 5.82 Å². The maximum Gasteiger partial charge on any atom is 0.229 e. The van der Waals surface area contributed by atoms with E-state index in [-0.39, 0.29) is 5.91 Å². The second kappa shape index (κ2) is 8.55. The van der Waals surface area contributed by atoms with Crippen molar-refractivity contribution < 1.29 is 4.79 Å². The van der Waals surface area contributed by atoms with Crippen LogP contribution in [0.1, 0.15) is 10.6 Å². The van der Waals surface area contributed by atoms with Crippen LogP contribution in [0, 0.1) is 6.92 Å². The molecule has 1 N–H and O–H groups in total. The molecule has 0 saturated heterocycles. The number of hydrogen-bond donors (Lipinski definition) is 1. The van der Waals surface area contributed by atoms with Crippen LogP contribution in [-0.2, 0) is 11.2 Å². The van der Waals surface area contributed by atoms with Crippen molar-refractivity contribution in [3.63, 3.8) is 0 Å². The normalized spacial score (nSPS) is 10.7. The summed E-state index contributed by atoms with van der Waals surface area (Å²) in [4.78, 5) is 22.4. The van der Waals surface area contributed by atoms with Gasteiger partial charge in [0.05, 0.1) is 22.0 Å². The van der Waals surface area contributed by atoms with Crippen molar-refractivity contribution in [1.82, 2.24) is 9.97 Å². The number of carbonyl (C=O) groups excluding carboxylic acids is 1. The molecule has 144 valence electrons. The van der Waals surface area contributed by atoms with Gasteiger partial charge in [0.25, 0.3) is 0 Å². The first kappa shape index (κ1) is 19.3. The number of aryl methyl sites for hydroxylation is 1. The molecule has 0 radical (unpaired) electrons. The number of aromatic nitrogens is 2. The van der Waals surface area contributed by atoms with Gasteiger partial charge < -0.3 is 5.32 Å². The zero-order valence-corrected chi connectivity index (χ0v) is 17.3.